The third-order valence-corrected chi connectivity index (χ3v) is 3.50. The summed E-state index contributed by atoms with van der Waals surface area (Å²) >= 11 is 0. The number of amides is 1. The summed E-state index contributed by atoms with van der Waals surface area (Å²) in [4.78, 5) is 36.8. The molecule has 7 heteroatoms. The molecule has 0 aliphatic carbocycles. The number of hydrogen-bond donors (Lipinski definition) is 2. The summed E-state index contributed by atoms with van der Waals surface area (Å²) in [6.45, 7) is 1.99. The predicted molar refractivity (Wildman–Crippen MR) is 71.4 cm³/mol. The van der Waals surface area contributed by atoms with Crippen LogP contribution in [0.1, 0.15) is 32.6 Å². The number of carbonyl (C=O) groups is 3. The van der Waals surface area contributed by atoms with Crippen LogP contribution in [0.4, 0.5) is 0 Å². The molecule has 1 atom stereocenters. The van der Waals surface area contributed by atoms with E-state index in [1.807, 2.05) is 0 Å². The minimum absolute atomic E-state index is 0.186. The van der Waals surface area contributed by atoms with Gasteiger partial charge in [0, 0.05) is 13.1 Å². The van der Waals surface area contributed by atoms with Gasteiger partial charge in [-0.3, -0.25) is 19.3 Å². The van der Waals surface area contributed by atoms with E-state index in [1.54, 1.807) is 11.8 Å². The van der Waals surface area contributed by atoms with E-state index in [4.69, 9.17) is 10.2 Å². The smallest absolute Gasteiger partial charge is 0.317 e. The maximum absolute atomic E-state index is 12.4. The summed E-state index contributed by atoms with van der Waals surface area (Å²) in [5.41, 5.74) is 0. The Morgan fingerprint density at radius 1 is 1.00 bits per heavy atom. The van der Waals surface area contributed by atoms with Gasteiger partial charge in [0.1, 0.15) is 0 Å². The molecule has 1 saturated heterocycles. The summed E-state index contributed by atoms with van der Waals surface area (Å²) in [6.07, 6.45) is 4.06. The van der Waals surface area contributed by atoms with Crippen molar-refractivity contribution >= 4 is 17.8 Å². The maximum atomic E-state index is 12.4. The molecule has 0 saturated carbocycles. The molecule has 0 bridgehead atoms. The van der Waals surface area contributed by atoms with Gasteiger partial charge in [-0.15, -0.1) is 0 Å². The van der Waals surface area contributed by atoms with Crippen LogP contribution in [0.2, 0.25) is 0 Å². The molecule has 2 N–H and O–H groups in total. The van der Waals surface area contributed by atoms with Crippen LogP contribution in [-0.4, -0.2) is 70.1 Å². The molecule has 114 valence electrons. The monoisotopic (exact) mass is 286 g/mol. The number of hydrogen-bond acceptors (Lipinski definition) is 4. The lowest BCUT2D eigenvalue weighted by atomic mass is 10.2. The van der Waals surface area contributed by atoms with Crippen molar-refractivity contribution in [3.63, 3.8) is 0 Å². The summed E-state index contributed by atoms with van der Waals surface area (Å²) in [6, 6.07) is -0.736. The minimum Gasteiger partial charge on any atom is -0.480 e. The molecule has 7 nitrogen and oxygen atoms in total. The van der Waals surface area contributed by atoms with Crippen LogP contribution in [-0.2, 0) is 14.4 Å². The van der Waals surface area contributed by atoms with Gasteiger partial charge in [-0.1, -0.05) is 12.8 Å². The lowest BCUT2D eigenvalue weighted by Gasteiger charge is -2.30. The first-order valence-corrected chi connectivity index (χ1v) is 6.88. The Bertz CT molecular complexity index is 348. The highest BCUT2D eigenvalue weighted by atomic mass is 16.4. The average Bonchev–Trinajstić information content (AvgIpc) is 2.63. The summed E-state index contributed by atoms with van der Waals surface area (Å²) in [5, 5.41) is 17.6. The Morgan fingerprint density at radius 3 is 1.85 bits per heavy atom. The quantitative estimate of drug-likeness (QED) is 0.726. The lowest BCUT2D eigenvalue weighted by molar-refractivity contribution is -0.146. The molecule has 1 heterocycles. The molecule has 1 fully saturated rings. The molecule has 0 aromatic carbocycles. The Labute approximate surface area is 118 Å². The largest absolute Gasteiger partial charge is 0.480 e. The van der Waals surface area contributed by atoms with E-state index >= 15 is 0 Å². The van der Waals surface area contributed by atoms with E-state index in [0.717, 1.165) is 25.7 Å². The third-order valence-electron chi connectivity index (χ3n) is 3.50. The number of carboxylic acid groups (broad SMARTS) is 2. The van der Waals surface area contributed by atoms with Crippen LogP contribution in [0, 0.1) is 0 Å². The second-order valence-electron chi connectivity index (χ2n) is 5.11. The summed E-state index contributed by atoms with van der Waals surface area (Å²) < 4.78 is 0. The second-order valence-corrected chi connectivity index (χ2v) is 5.11. The molecule has 0 radical (unpaired) electrons. The molecule has 0 aromatic rings. The number of likely N-dealkylation sites (tertiary alicyclic amines) is 1. The number of carbonyl (C=O) groups excluding carboxylic acids is 1. The molecule has 1 rings (SSSR count). The van der Waals surface area contributed by atoms with Gasteiger partial charge < -0.3 is 15.1 Å². The molecule has 1 amide bonds. The van der Waals surface area contributed by atoms with E-state index < -0.39 is 31.1 Å². The fraction of sp³-hybridized carbons (Fsp3) is 0.769. The Hall–Kier alpha value is -1.63. The van der Waals surface area contributed by atoms with Crippen molar-refractivity contribution in [1.29, 1.82) is 0 Å². The van der Waals surface area contributed by atoms with E-state index in [1.165, 1.54) is 4.90 Å². The van der Waals surface area contributed by atoms with Crippen LogP contribution in [0.5, 0.6) is 0 Å². The van der Waals surface area contributed by atoms with E-state index in [0.29, 0.717) is 13.1 Å². The standard InChI is InChI=1S/C13H22N2O5/c1-10(15(8-11(16)17)9-12(18)19)13(20)14-6-4-2-3-5-7-14/h10H,2-9H2,1H3,(H,16,17)(H,18,19). The molecule has 1 unspecified atom stereocenters. The van der Waals surface area contributed by atoms with E-state index in [-0.39, 0.29) is 5.91 Å². The zero-order valence-electron chi connectivity index (χ0n) is 11.7. The van der Waals surface area contributed by atoms with E-state index in [2.05, 4.69) is 0 Å². The molecule has 1 aliphatic heterocycles. The number of rotatable bonds is 6. The maximum Gasteiger partial charge on any atom is 0.317 e. The van der Waals surface area contributed by atoms with Crippen molar-refractivity contribution in [3.05, 3.63) is 0 Å². The van der Waals surface area contributed by atoms with Gasteiger partial charge in [-0.05, 0) is 19.8 Å². The Morgan fingerprint density at radius 2 is 1.45 bits per heavy atom. The van der Waals surface area contributed by atoms with Crippen molar-refractivity contribution in [3.8, 4) is 0 Å². The highest BCUT2D eigenvalue weighted by Gasteiger charge is 2.28. The van der Waals surface area contributed by atoms with Crippen LogP contribution in [0.15, 0.2) is 0 Å². The van der Waals surface area contributed by atoms with Gasteiger partial charge in [-0.2, -0.15) is 0 Å². The van der Waals surface area contributed by atoms with Crippen molar-refractivity contribution in [1.82, 2.24) is 9.80 Å². The first-order chi connectivity index (χ1) is 9.41. The van der Waals surface area contributed by atoms with Crippen molar-refractivity contribution in [2.24, 2.45) is 0 Å². The highest BCUT2D eigenvalue weighted by molar-refractivity contribution is 5.83. The van der Waals surface area contributed by atoms with Crippen molar-refractivity contribution < 1.29 is 24.6 Å². The fourth-order valence-corrected chi connectivity index (χ4v) is 2.39. The van der Waals surface area contributed by atoms with Gasteiger partial charge in [0.25, 0.3) is 0 Å². The molecule has 0 spiro atoms. The van der Waals surface area contributed by atoms with Gasteiger partial charge >= 0.3 is 11.9 Å². The zero-order chi connectivity index (χ0) is 15.1. The number of carboxylic acids is 2. The molecule has 1 aliphatic rings. The average molecular weight is 286 g/mol. The van der Waals surface area contributed by atoms with Crippen LogP contribution < -0.4 is 0 Å². The predicted octanol–water partition coefficient (Wildman–Crippen LogP) is 0.249. The first-order valence-electron chi connectivity index (χ1n) is 6.88. The van der Waals surface area contributed by atoms with Crippen molar-refractivity contribution in [2.75, 3.05) is 26.2 Å². The SMILES string of the molecule is CC(C(=O)N1CCCCCC1)N(CC(=O)O)CC(=O)O. The highest BCUT2D eigenvalue weighted by Crippen LogP contribution is 2.12. The number of nitrogens with zero attached hydrogens (tertiary/aromatic N) is 2. The second kappa shape index (κ2) is 7.84. The van der Waals surface area contributed by atoms with Crippen LogP contribution in [0.3, 0.4) is 0 Å². The van der Waals surface area contributed by atoms with Crippen molar-refractivity contribution in [2.45, 2.75) is 38.6 Å². The third kappa shape index (κ3) is 5.16. The molecular formula is C13H22N2O5. The molecule has 20 heavy (non-hydrogen) atoms. The fourth-order valence-electron chi connectivity index (χ4n) is 2.39. The summed E-state index contributed by atoms with van der Waals surface area (Å²) in [5.74, 6) is -2.46. The van der Waals surface area contributed by atoms with Crippen LogP contribution >= 0.6 is 0 Å². The van der Waals surface area contributed by atoms with Crippen LogP contribution in [0.25, 0.3) is 0 Å². The molecular weight excluding hydrogens is 264 g/mol. The van der Waals surface area contributed by atoms with Gasteiger partial charge in [-0.25, -0.2) is 0 Å². The Kier molecular flexibility index (Phi) is 6.44. The Balaban J connectivity index is 2.70. The summed E-state index contributed by atoms with van der Waals surface area (Å²) in [7, 11) is 0. The van der Waals surface area contributed by atoms with Gasteiger partial charge in [0.15, 0.2) is 0 Å². The first kappa shape index (κ1) is 16.4. The van der Waals surface area contributed by atoms with Gasteiger partial charge in [0.2, 0.25) is 5.91 Å². The van der Waals surface area contributed by atoms with Gasteiger partial charge in [0.05, 0.1) is 19.1 Å². The topological polar surface area (TPSA) is 98.2 Å². The normalized spacial score (nSPS) is 17.6. The minimum atomic E-state index is -1.14. The number of aliphatic carboxylic acids is 2. The molecule has 0 aromatic heterocycles. The zero-order valence-corrected chi connectivity index (χ0v) is 11.7. The lowest BCUT2D eigenvalue weighted by Crippen LogP contribution is -2.50. The van der Waals surface area contributed by atoms with E-state index in [9.17, 15) is 14.4 Å².